The Balaban J connectivity index is 1.97. The Morgan fingerprint density at radius 1 is 1.75 bits per heavy atom. The molecule has 0 aromatic carbocycles. The third kappa shape index (κ3) is 2.65. The van der Waals surface area contributed by atoms with Crippen molar-refractivity contribution in [3.05, 3.63) is 0 Å². The summed E-state index contributed by atoms with van der Waals surface area (Å²) in [6.07, 6.45) is 1.25. The van der Waals surface area contributed by atoms with Crippen LogP contribution in [0, 0.1) is 0 Å². The molecule has 1 atom stereocenters. The largest absolute Gasteiger partial charge is 0.138 e. The highest BCUT2D eigenvalue weighted by Gasteiger charge is 1.57. The van der Waals surface area contributed by atoms with Crippen molar-refractivity contribution in [2.45, 2.75) is 6.04 Å². The first-order valence-electron chi connectivity index (χ1n) is 1.41. The third-order valence-corrected chi connectivity index (χ3v) is 1.84. The maximum Gasteiger partial charge on any atom is 0.00840 e. The molecule has 0 amide bonds. The van der Waals surface area contributed by atoms with E-state index in [-0.39, 0.29) is 0 Å². The van der Waals surface area contributed by atoms with Gasteiger partial charge in [0, 0.05) is 10.2 Å². The predicted octanol–water partition coefficient (Wildman–Crippen LogP) is -0.0871. The van der Waals surface area contributed by atoms with Crippen molar-refractivity contribution >= 4 is 19.5 Å². The second-order valence-corrected chi connectivity index (χ2v) is 1.93. The summed E-state index contributed by atoms with van der Waals surface area (Å²) in [6.45, 7) is 0. The average molecular weight is 91.1 g/mol. The van der Waals surface area contributed by atoms with E-state index in [0.29, 0.717) is 0 Å². The molecular weight excluding hydrogens is 83.1 g/mol. The van der Waals surface area contributed by atoms with E-state index in [1.54, 1.807) is 0 Å². The Hall–Kier alpha value is 0.647. The van der Waals surface area contributed by atoms with Crippen molar-refractivity contribution < 1.29 is 0 Å². The summed E-state index contributed by atoms with van der Waals surface area (Å²) in [4.78, 5) is 0. The summed E-state index contributed by atoms with van der Waals surface area (Å²) >= 11 is 0. The van der Waals surface area contributed by atoms with Crippen LogP contribution in [0.15, 0.2) is 0 Å². The molecule has 0 saturated carbocycles. The van der Waals surface area contributed by atoms with Crippen molar-refractivity contribution in [2.24, 2.45) is 0 Å². The highest BCUT2D eigenvalue weighted by Crippen LogP contribution is 1.78. The molecule has 0 bridgehead atoms. The fourth-order valence-corrected chi connectivity index (χ4v) is 0. The molecule has 4 heavy (non-hydrogen) atoms. The van der Waals surface area contributed by atoms with Gasteiger partial charge in [0.1, 0.15) is 0 Å². The zero-order chi connectivity index (χ0) is 3.41. The molecule has 0 aliphatic heterocycles. The van der Waals surface area contributed by atoms with Gasteiger partial charge < -0.3 is 0 Å². The Morgan fingerprint density at radius 3 is 2.00 bits per heavy atom. The second-order valence-electron chi connectivity index (χ2n) is 0.642. The van der Waals surface area contributed by atoms with Gasteiger partial charge >= 0.3 is 0 Å². The predicted molar refractivity (Wildman–Crippen MR) is 27.9 cm³/mol. The molecule has 0 nitrogen and oxygen atoms in total. The molecule has 0 N–H and O–H groups in total. The highest BCUT2D eigenvalue weighted by atomic mass is 31.0. The first kappa shape index (κ1) is 4.65. The van der Waals surface area contributed by atoms with Crippen LogP contribution >= 0.6 is 9.24 Å². The third-order valence-electron chi connectivity index (χ3n) is 0.204. The van der Waals surface area contributed by atoms with Gasteiger partial charge in [-0.05, 0) is 6.16 Å². The zero-order valence-electron chi connectivity index (χ0n) is 2.70. The molecule has 25 valence electrons. The van der Waals surface area contributed by atoms with Crippen molar-refractivity contribution in [1.82, 2.24) is 0 Å². The van der Waals surface area contributed by atoms with E-state index in [4.69, 9.17) is 0 Å². The molecule has 0 aliphatic rings. The Labute approximate surface area is 32.6 Å². The van der Waals surface area contributed by atoms with Crippen LogP contribution in [0.3, 0.4) is 0 Å². The molecule has 0 heterocycles. The van der Waals surface area contributed by atoms with Crippen LogP contribution in [0.25, 0.3) is 0 Å². The summed E-state index contributed by atoms with van der Waals surface area (Å²) in [7, 11) is 4.66. The maximum absolute atomic E-state index is 2.66. The topological polar surface area (TPSA) is 0 Å². The van der Waals surface area contributed by atoms with Crippen LogP contribution in [-0.2, 0) is 0 Å². The Kier molecular flexibility index (Phi) is 4.24. The lowest BCUT2D eigenvalue weighted by molar-refractivity contribution is 1.51. The molecule has 1 unspecified atom stereocenters. The van der Waals surface area contributed by atoms with Gasteiger partial charge in [0.25, 0.3) is 0 Å². The summed E-state index contributed by atoms with van der Waals surface area (Å²) in [5.41, 5.74) is 0. The summed E-state index contributed by atoms with van der Waals surface area (Å²) in [5.74, 6) is 0. The minimum Gasteiger partial charge on any atom is -0.138 e. The van der Waals surface area contributed by atoms with Crippen LogP contribution in [0.4, 0.5) is 0 Å². The first-order valence-corrected chi connectivity index (χ1v) is 3.22. The summed E-state index contributed by atoms with van der Waals surface area (Å²) in [5, 5.41) is 0. The van der Waals surface area contributed by atoms with Crippen molar-refractivity contribution in [3.8, 4) is 0 Å². The lowest BCUT2D eigenvalue weighted by atomic mass is 11.0. The number of hydrogen-bond donors (Lipinski definition) is 0. The number of hydrogen-bond acceptors (Lipinski definition) is 0. The van der Waals surface area contributed by atoms with Gasteiger partial charge in [-0.1, -0.05) is 6.04 Å². The molecule has 0 aromatic heterocycles. The lowest BCUT2D eigenvalue weighted by Crippen LogP contribution is -1.60. The number of rotatable bonds is 1. The van der Waals surface area contributed by atoms with E-state index in [1.165, 1.54) is 12.2 Å². The SMILES string of the molecule is [SiH2]CCP. The summed E-state index contributed by atoms with van der Waals surface area (Å²) in [6, 6.07) is 1.31. The molecule has 0 fully saturated rings. The van der Waals surface area contributed by atoms with Crippen molar-refractivity contribution in [2.75, 3.05) is 6.16 Å². The van der Waals surface area contributed by atoms with E-state index in [2.05, 4.69) is 9.24 Å². The van der Waals surface area contributed by atoms with Gasteiger partial charge in [0.2, 0.25) is 0 Å². The van der Waals surface area contributed by atoms with E-state index in [1.807, 2.05) is 10.2 Å². The molecule has 2 heteroatoms. The van der Waals surface area contributed by atoms with Gasteiger partial charge in [-0.25, -0.2) is 0 Å². The summed E-state index contributed by atoms with van der Waals surface area (Å²) < 4.78 is 0. The van der Waals surface area contributed by atoms with Gasteiger partial charge in [-0.3, -0.25) is 0 Å². The van der Waals surface area contributed by atoms with Gasteiger partial charge in [-0.2, -0.15) is 0 Å². The van der Waals surface area contributed by atoms with Crippen molar-refractivity contribution in [3.63, 3.8) is 0 Å². The monoisotopic (exact) mass is 91.0 g/mol. The molecule has 1 radical (unpaired) electrons. The molecule has 0 rings (SSSR count). The lowest BCUT2D eigenvalue weighted by Gasteiger charge is -1.67. The van der Waals surface area contributed by atoms with E-state index in [0.717, 1.165) is 0 Å². The van der Waals surface area contributed by atoms with E-state index in [9.17, 15) is 0 Å². The standard InChI is InChI=1S/C2H8PSi/c3-1-2-4/h1-4H2. The van der Waals surface area contributed by atoms with Crippen LogP contribution in [0.5, 0.6) is 0 Å². The fraction of sp³-hybridized carbons (Fsp3) is 1.00. The van der Waals surface area contributed by atoms with Crippen LogP contribution in [-0.4, -0.2) is 16.4 Å². The van der Waals surface area contributed by atoms with Gasteiger partial charge in [0.05, 0.1) is 0 Å². The smallest absolute Gasteiger partial charge is 0.00840 e. The minimum atomic E-state index is 1.25. The molecule has 0 spiro atoms. The molecule has 0 aromatic rings. The normalized spacial score (nSPS) is 7.50. The quantitative estimate of drug-likeness (QED) is 0.312. The molecule has 0 aliphatic carbocycles. The fourth-order valence-electron chi connectivity index (χ4n) is 0. The molecule has 0 saturated heterocycles. The van der Waals surface area contributed by atoms with Gasteiger partial charge in [-0.15, -0.1) is 9.24 Å². The zero-order valence-corrected chi connectivity index (χ0v) is 5.27. The maximum atomic E-state index is 2.66. The van der Waals surface area contributed by atoms with E-state index < -0.39 is 0 Å². The van der Waals surface area contributed by atoms with Gasteiger partial charge in [0.15, 0.2) is 0 Å². The van der Waals surface area contributed by atoms with Crippen LogP contribution in [0.1, 0.15) is 0 Å². The Bertz CT molecular complexity index is 8.00. The van der Waals surface area contributed by atoms with Crippen LogP contribution in [0.2, 0.25) is 6.04 Å². The first-order chi connectivity index (χ1) is 1.91. The van der Waals surface area contributed by atoms with Crippen molar-refractivity contribution in [1.29, 1.82) is 0 Å². The molecular formula is C2H8PSi. The average Bonchev–Trinajstić information content (AvgIpc) is 1.37. The van der Waals surface area contributed by atoms with E-state index >= 15 is 0 Å². The second kappa shape index (κ2) is 3.65. The Morgan fingerprint density at radius 2 is 2.00 bits per heavy atom. The minimum absolute atomic E-state index is 1.25. The highest BCUT2D eigenvalue weighted by molar-refractivity contribution is 7.16. The van der Waals surface area contributed by atoms with Crippen LogP contribution < -0.4 is 0 Å².